The van der Waals surface area contributed by atoms with Crippen LogP contribution in [0.1, 0.15) is 62.5 Å². The minimum absolute atomic E-state index is 0.0211. The van der Waals surface area contributed by atoms with E-state index in [4.69, 9.17) is 0 Å². The van der Waals surface area contributed by atoms with Crippen molar-refractivity contribution in [3.05, 3.63) is 71.8 Å². The highest BCUT2D eigenvalue weighted by Gasteiger charge is 2.31. The molecule has 0 aromatic heterocycles. The Morgan fingerprint density at radius 1 is 0.778 bits per heavy atom. The summed E-state index contributed by atoms with van der Waals surface area (Å²) >= 11 is 0. The Labute approximate surface area is 217 Å². The van der Waals surface area contributed by atoms with E-state index in [-0.39, 0.29) is 23.8 Å². The average Bonchev–Trinajstić information content (AvgIpc) is 2.94. The lowest BCUT2D eigenvalue weighted by atomic mass is 9.91. The summed E-state index contributed by atoms with van der Waals surface area (Å²) in [6, 6.07) is 21.4. The number of hydrogen-bond donors (Lipinski definition) is 2. The average molecular weight is 490 g/mol. The van der Waals surface area contributed by atoms with E-state index in [0.29, 0.717) is 19.0 Å². The largest absolute Gasteiger partial charge is 0.353 e. The van der Waals surface area contributed by atoms with Gasteiger partial charge in [-0.25, -0.2) is 0 Å². The summed E-state index contributed by atoms with van der Waals surface area (Å²) in [7, 11) is 0. The molecule has 5 heteroatoms. The second kappa shape index (κ2) is 14.2. The quantitative estimate of drug-likeness (QED) is 0.479. The molecular formula is C31H43N3O2. The topological polar surface area (TPSA) is 61.4 Å². The number of nitrogens with zero attached hydrogens (tertiary/aromatic N) is 1. The summed E-state index contributed by atoms with van der Waals surface area (Å²) in [6.07, 6.45) is 9.68. The van der Waals surface area contributed by atoms with Crippen molar-refractivity contribution < 1.29 is 9.59 Å². The number of benzene rings is 2. The summed E-state index contributed by atoms with van der Waals surface area (Å²) in [5, 5.41) is 6.75. The van der Waals surface area contributed by atoms with Crippen LogP contribution in [-0.2, 0) is 22.4 Å². The van der Waals surface area contributed by atoms with Gasteiger partial charge in [-0.2, -0.15) is 0 Å². The molecule has 0 aliphatic carbocycles. The second-order valence-corrected chi connectivity index (χ2v) is 10.6. The SMILES string of the molecule is O=C(NC(CCCc1ccccc1)CCCc1ccccc1)C1CCN(C(=O)C2CCNCC2)CC1. The normalized spacial score (nSPS) is 17.3. The predicted octanol–water partition coefficient (Wildman–Crippen LogP) is 4.76. The van der Waals surface area contributed by atoms with Gasteiger partial charge < -0.3 is 15.5 Å². The van der Waals surface area contributed by atoms with Gasteiger partial charge in [0.2, 0.25) is 11.8 Å². The lowest BCUT2D eigenvalue weighted by molar-refractivity contribution is -0.140. The monoisotopic (exact) mass is 489 g/mol. The number of carbonyl (C=O) groups is 2. The zero-order valence-corrected chi connectivity index (χ0v) is 21.7. The Balaban J connectivity index is 1.25. The molecule has 2 aromatic rings. The minimum atomic E-state index is 0.0211. The lowest BCUT2D eigenvalue weighted by Gasteiger charge is -2.35. The van der Waals surface area contributed by atoms with Crippen molar-refractivity contribution in [1.29, 1.82) is 0 Å². The van der Waals surface area contributed by atoms with Gasteiger partial charge in [0.1, 0.15) is 0 Å². The number of nitrogens with one attached hydrogen (secondary N) is 2. The molecule has 2 saturated heterocycles. The highest BCUT2D eigenvalue weighted by molar-refractivity contribution is 5.81. The van der Waals surface area contributed by atoms with Gasteiger partial charge in [0.05, 0.1) is 0 Å². The molecule has 2 aliphatic heterocycles. The van der Waals surface area contributed by atoms with Crippen molar-refractivity contribution >= 4 is 11.8 Å². The molecule has 0 unspecified atom stereocenters. The number of hydrogen-bond acceptors (Lipinski definition) is 3. The molecule has 2 heterocycles. The third-order valence-corrected chi connectivity index (χ3v) is 7.93. The molecule has 0 bridgehead atoms. The third-order valence-electron chi connectivity index (χ3n) is 7.93. The Bertz CT molecular complexity index is 874. The molecule has 0 radical (unpaired) electrons. The van der Waals surface area contributed by atoms with Crippen molar-refractivity contribution in [2.24, 2.45) is 11.8 Å². The number of rotatable bonds is 11. The molecule has 2 aliphatic rings. The van der Waals surface area contributed by atoms with E-state index in [9.17, 15) is 9.59 Å². The van der Waals surface area contributed by atoms with Crippen LogP contribution in [0, 0.1) is 11.8 Å². The van der Waals surface area contributed by atoms with Gasteiger partial charge in [-0.3, -0.25) is 9.59 Å². The minimum Gasteiger partial charge on any atom is -0.353 e. The van der Waals surface area contributed by atoms with Crippen LogP contribution in [0.15, 0.2) is 60.7 Å². The van der Waals surface area contributed by atoms with E-state index in [1.807, 2.05) is 4.90 Å². The zero-order valence-electron chi connectivity index (χ0n) is 21.7. The van der Waals surface area contributed by atoms with Crippen LogP contribution in [0.3, 0.4) is 0 Å². The van der Waals surface area contributed by atoms with Gasteiger partial charge in [0.25, 0.3) is 0 Å². The van der Waals surface area contributed by atoms with Crippen LogP contribution >= 0.6 is 0 Å². The summed E-state index contributed by atoms with van der Waals surface area (Å²) in [4.78, 5) is 28.1. The van der Waals surface area contributed by atoms with E-state index in [1.54, 1.807) is 0 Å². The van der Waals surface area contributed by atoms with Gasteiger partial charge in [-0.05, 0) is 88.4 Å². The maximum Gasteiger partial charge on any atom is 0.225 e. The number of piperidine rings is 2. The lowest BCUT2D eigenvalue weighted by Crippen LogP contribution is -2.48. The molecule has 0 spiro atoms. The molecule has 2 N–H and O–H groups in total. The van der Waals surface area contributed by atoms with E-state index < -0.39 is 0 Å². The first-order valence-corrected chi connectivity index (χ1v) is 14.1. The first-order chi connectivity index (χ1) is 17.7. The first kappa shape index (κ1) is 26.4. The molecule has 2 amide bonds. The van der Waals surface area contributed by atoms with Crippen molar-refractivity contribution in [3.63, 3.8) is 0 Å². The fourth-order valence-electron chi connectivity index (χ4n) is 5.69. The van der Waals surface area contributed by atoms with Gasteiger partial charge >= 0.3 is 0 Å². The second-order valence-electron chi connectivity index (χ2n) is 10.6. The molecule has 4 rings (SSSR count). The summed E-state index contributed by atoms with van der Waals surface area (Å²) in [5.41, 5.74) is 2.72. The first-order valence-electron chi connectivity index (χ1n) is 14.1. The zero-order chi connectivity index (χ0) is 25.0. The molecule has 194 valence electrons. The highest BCUT2D eigenvalue weighted by Crippen LogP contribution is 2.23. The summed E-state index contributed by atoms with van der Waals surface area (Å²) in [6.45, 7) is 3.30. The van der Waals surface area contributed by atoms with Crippen molar-refractivity contribution in [3.8, 4) is 0 Å². The fourth-order valence-corrected chi connectivity index (χ4v) is 5.69. The maximum atomic E-state index is 13.2. The van der Waals surface area contributed by atoms with Crippen LogP contribution in [0.5, 0.6) is 0 Å². The maximum absolute atomic E-state index is 13.2. The van der Waals surface area contributed by atoms with Crippen molar-refractivity contribution in [2.45, 2.75) is 70.3 Å². The van der Waals surface area contributed by atoms with E-state index in [0.717, 1.165) is 77.3 Å². The highest BCUT2D eigenvalue weighted by atomic mass is 16.2. The number of carbonyl (C=O) groups excluding carboxylic acids is 2. The summed E-state index contributed by atoms with van der Waals surface area (Å²) in [5.74, 6) is 0.673. The van der Waals surface area contributed by atoms with Crippen LogP contribution in [-0.4, -0.2) is 48.9 Å². The Hall–Kier alpha value is -2.66. The Morgan fingerprint density at radius 2 is 1.31 bits per heavy atom. The van der Waals surface area contributed by atoms with Gasteiger partial charge in [-0.15, -0.1) is 0 Å². The number of likely N-dealkylation sites (tertiary alicyclic amines) is 1. The Morgan fingerprint density at radius 3 is 1.83 bits per heavy atom. The standard InChI is InChI=1S/C31H43N3O2/c35-30(27-19-23-34(24-20-27)31(36)28-17-21-32-22-18-28)33-29(15-7-13-25-9-3-1-4-10-25)16-8-14-26-11-5-2-6-12-26/h1-6,9-12,27-29,32H,7-8,13-24H2,(H,33,35). The van der Waals surface area contributed by atoms with Crippen LogP contribution in [0.25, 0.3) is 0 Å². The number of aryl methyl sites for hydroxylation is 2. The van der Waals surface area contributed by atoms with Gasteiger partial charge in [0, 0.05) is 31.0 Å². The van der Waals surface area contributed by atoms with E-state index >= 15 is 0 Å². The molecule has 5 nitrogen and oxygen atoms in total. The third kappa shape index (κ3) is 8.19. The van der Waals surface area contributed by atoms with E-state index in [2.05, 4.69) is 71.3 Å². The van der Waals surface area contributed by atoms with Crippen LogP contribution < -0.4 is 10.6 Å². The van der Waals surface area contributed by atoms with Crippen LogP contribution in [0.4, 0.5) is 0 Å². The molecule has 2 aromatic carbocycles. The molecule has 0 saturated carbocycles. The molecule has 36 heavy (non-hydrogen) atoms. The van der Waals surface area contributed by atoms with Gasteiger partial charge in [-0.1, -0.05) is 60.7 Å². The van der Waals surface area contributed by atoms with E-state index in [1.165, 1.54) is 11.1 Å². The predicted molar refractivity (Wildman–Crippen MR) is 146 cm³/mol. The van der Waals surface area contributed by atoms with Crippen LogP contribution in [0.2, 0.25) is 0 Å². The molecular weight excluding hydrogens is 446 g/mol. The Kier molecular flexibility index (Phi) is 10.4. The van der Waals surface area contributed by atoms with Gasteiger partial charge in [0.15, 0.2) is 0 Å². The smallest absolute Gasteiger partial charge is 0.225 e. The molecule has 2 fully saturated rings. The summed E-state index contributed by atoms with van der Waals surface area (Å²) < 4.78 is 0. The number of amides is 2. The van der Waals surface area contributed by atoms with Crippen molar-refractivity contribution in [2.75, 3.05) is 26.2 Å². The molecule has 0 atom stereocenters. The fraction of sp³-hybridized carbons (Fsp3) is 0.548. The van der Waals surface area contributed by atoms with Crippen molar-refractivity contribution in [1.82, 2.24) is 15.5 Å².